The van der Waals surface area contributed by atoms with Crippen molar-refractivity contribution in [2.45, 2.75) is 25.6 Å². The van der Waals surface area contributed by atoms with Crippen molar-refractivity contribution < 1.29 is 4.79 Å². The van der Waals surface area contributed by atoms with Crippen LogP contribution in [0.2, 0.25) is 0 Å². The average molecular weight is 129 g/mol. The fourth-order valence-electron chi connectivity index (χ4n) is 0.933. The van der Waals surface area contributed by atoms with E-state index in [2.05, 4.69) is 10.6 Å². The summed E-state index contributed by atoms with van der Waals surface area (Å²) in [6.45, 7) is 1.93. The quantitative estimate of drug-likeness (QED) is 0.407. The van der Waals surface area contributed by atoms with Crippen LogP contribution in [0.4, 0.5) is 4.79 Å². The number of urea groups is 1. The first-order valence-corrected chi connectivity index (χ1v) is 3.01. The lowest BCUT2D eigenvalue weighted by Gasteiger charge is -2.25. The van der Waals surface area contributed by atoms with Crippen LogP contribution in [0.1, 0.15) is 13.3 Å². The summed E-state index contributed by atoms with van der Waals surface area (Å²) in [6, 6.07) is 0.0370. The van der Waals surface area contributed by atoms with Gasteiger partial charge in [0, 0.05) is 12.5 Å². The highest BCUT2D eigenvalue weighted by molar-refractivity contribution is 5.75. The molecule has 1 aliphatic heterocycles. The normalized spacial score (nSPS) is 35.1. The molecular weight excluding hydrogens is 118 g/mol. The molecule has 0 aliphatic carbocycles. The van der Waals surface area contributed by atoms with Crippen molar-refractivity contribution in [1.82, 2.24) is 10.6 Å². The predicted octanol–water partition coefficient (Wildman–Crippen LogP) is -0.637. The number of amides is 2. The molecule has 0 aromatic carbocycles. The minimum absolute atomic E-state index is 0.166. The molecule has 2 amide bonds. The fourth-order valence-corrected chi connectivity index (χ4v) is 0.933. The third kappa shape index (κ3) is 1.57. The number of carbonyl (C=O) groups is 1. The number of rotatable bonds is 0. The summed E-state index contributed by atoms with van der Waals surface area (Å²) in [4.78, 5) is 10.6. The third-order valence-electron chi connectivity index (χ3n) is 1.30. The molecule has 0 aromatic heterocycles. The standard InChI is InChI=1S/C5H11N3O/c1-3-2-4(6)8-5(9)7-3/h3-4H,2,6H2,1H3,(H2,7,8,9). The SMILES string of the molecule is CC1CC(N)NC(=O)N1. The third-order valence-corrected chi connectivity index (χ3v) is 1.30. The van der Waals surface area contributed by atoms with E-state index in [1.165, 1.54) is 0 Å². The van der Waals surface area contributed by atoms with Crippen LogP contribution in [0.15, 0.2) is 0 Å². The average Bonchev–Trinajstić information content (AvgIpc) is 1.59. The highest BCUT2D eigenvalue weighted by Crippen LogP contribution is 1.97. The summed E-state index contributed by atoms with van der Waals surface area (Å²) >= 11 is 0. The molecule has 1 rings (SSSR count). The smallest absolute Gasteiger partial charge is 0.316 e. The topological polar surface area (TPSA) is 67.1 Å². The first-order valence-electron chi connectivity index (χ1n) is 3.01. The molecule has 1 heterocycles. The molecule has 0 saturated carbocycles. The van der Waals surface area contributed by atoms with Gasteiger partial charge in [-0.1, -0.05) is 0 Å². The molecular formula is C5H11N3O. The summed E-state index contributed by atoms with van der Waals surface area (Å²) in [7, 11) is 0. The molecule has 0 bridgehead atoms. The van der Waals surface area contributed by atoms with Crippen molar-refractivity contribution in [3.05, 3.63) is 0 Å². The Hall–Kier alpha value is -0.770. The van der Waals surface area contributed by atoms with E-state index in [1.807, 2.05) is 6.92 Å². The Kier molecular flexibility index (Phi) is 1.57. The van der Waals surface area contributed by atoms with E-state index in [1.54, 1.807) is 0 Å². The lowest BCUT2D eigenvalue weighted by molar-refractivity contribution is 0.221. The Labute approximate surface area is 53.8 Å². The minimum Gasteiger partial charge on any atom is -0.336 e. The Morgan fingerprint density at radius 2 is 2.33 bits per heavy atom. The van der Waals surface area contributed by atoms with E-state index in [-0.39, 0.29) is 18.2 Å². The highest BCUT2D eigenvalue weighted by Gasteiger charge is 2.18. The molecule has 4 heteroatoms. The summed E-state index contributed by atoms with van der Waals surface area (Å²) in [6.07, 6.45) is 0.625. The lowest BCUT2D eigenvalue weighted by Crippen LogP contribution is -2.56. The van der Waals surface area contributed by atoms with Crippen LogP contribution in [0.25, 0.3) is 0 Å². The molecule has 4 N–H and O–H groups in total. The number of hydrogen-bond donors (Lipinski definition) is 3. The molecule has 0 spiro atoms. The molecule has 0 aromatic rings. The number of hydrogen-bond acceptors (Lipinski definition) is 2. The maximum atomic E-state index is 10.6. The van der Waals surface area contributed by atoms with Crippen LogP contribution in [-0.4, -0.2) is 18.2 Å². The van der Waals surface area contributed by atoms with Crippen LogP contribution in [0.5, 0.6) is 0 Å². The Balaban J connectivity index is 2.43. The summed E-state index contributed by atoms with van der Waals surface area (Å²) in [5.74, 6) is 0. The minimum atomic E-state index is -0.172. The van der Waals surface area contributed by atoms with Gasteiger partial charge < -0.3 is 16.4 Å². The van der Waals surface area contributed by atoms with E-state index < -0.39 is 0 Å². The second-order valence-corrected chi connectivity index (χ2v) is 2.36. The summed E-state index contributed by atoms with van der Waals surface area (Å²) in [5, 5.41) is 5.22. The van der Waals surface area contributed by atoms with Gasteiger partial charge in [-0.15, -0.1) is 0 Å². The molecule has 0 radical (unpaired) electrons. The van der Waals surface area contributed by atoms with Crippen LogP contribution in [-0.2, 0) is 0 Å². The van der Waals surface area contributed by atoms with Gasteiger partial charge in [0.25, 0.3) is 0 Å². The zero-order valence-corrected chi connectivity index (χ0v) is 5.35. The van der Waals surface area contributed by atoms with E-state index in [0.29, 0.717) is 0 Å². The number of carbonyl (C=O) groups excluding carboxylic acids is 1. The van der Waals surface area contributed by atoms with Gasteiger partial charge in [0.2, 0.25) is 0 Å². The van der Waals surface area contributed by atoms with Crippen molar-refractivity contribution >= 4 is 6.03 Å². The first-order chi connectivity index (χ1) is 4.18. The van der Waals surface area contributed by atoms with Crippen molar-refractivity contribution in [1.29, 1.82) is 0 Å². The van der Waals surface area contributed by atoms with Crippen LogP contribution >= 0.6 is 0 Å². The van der Waals surface area contributed by atoms with Gasteiger partial charge in [0.05, 0.1) is 6.17 Å². The highest BCUT2D eigenvalue weighted by atomic mass is 16.2. The van der Waals surface area contributed by atoms with Crippen molar-refractivity contribution in [3.8, 4) is 0 Å². The van der Waals surface area contributed by atoms with Gasteiger partial charge in [-0.3, -0.25) is 0 Å². The monoisotopic (exact) mass is 129 g/mol. The molecule has 1 fully saturated rings. The number of nitrogens with two attached hydrogens (primary N) is 1. The van der Waals surface area contributed by atoms with Crippen LogP contribution in [0.3, 0.4) is 0 Å². The number of nitrogens with one attached hydrogen (secondary N) is 2. The molecule has 1 aliphatic rings. The zero-order valence-electron chi connectivity index (χ0n) is 5.35. The van der Waals surface area contributed by atoms with Crippen molar-refractivity contribution in [3.63, 3.8) is 0 Å². The second-order valence-electron chi connectivity index (χ2n) is 2.36. The van der Waals surface area contributed by atoms with Crippen LogP contribution < -0.4 is 16.4 Å². The molecule has 9 heavy (non-hydrogen) atoms. The Morgan fingerprint density at radius 3 is 2.78 bits per heavy atom. The fraction of sp³-hybridized carbons (Fsp3) is 0.800. The largest absolute Gasteiger partial charge is 0.336 e. The zero-order chi connectivity index (χ0) is 6.85. The van der Waals surface area contributed by atoms with Gasteiger partial charge >= 0.3 is 6.03 Å². The maximum Gasteiger partial charge on any atom is 0.316 e. The van der Waals surface area contributed by atoms with Gasteiger partial charge in [-0.2, -0.15) is 0 Å². The van der Waals surface area contributed by atoms with Gasteiger partial charge in [0.1, 0.15) is 0 Å². The lowest BCUT2D eigenvalue weighted by atomic mass is 10.2. The maximum absolute atomic E-state index is 10.6. The second kappa shape index (κ2) is 2.23. The van der Waals surface area contributed by atoms with Gasteiger partial charge in [-0.25, -0.2) is 4.79 Å². The van der Waals surface area contributed by atoms with Crippen molar-refractivity contribution in [2.24, 2.45) is 5.73 Å². The van der Waals surface area contributed by atoms with E-state index in [4.69, 9.17) is 5.73 Å². The molecule has 1 saturated heterocycles. The first kappa shape index (κ1) is 6.35. The molecule has 4 nitrogen and oxygen atoms in total. The molecule has 2 atom stereocenters. The molecule has 2 unspecified atom stereocenters. The van der Waals surface area contributed by atoms with Gasteiger partial charge in [0.15, 0.2) is 0 Å². The summed E-state index contributed by atoms with van der Waals surface area (Å²) < 4.78 is 0. The van der Waals surface area contributed by atoms with E-state index in [9.17, 15) is 4.79 Å². The predicted molar refractivity (Wildman–Crippen MR) is 33.7 cm³/mol. The Bertz CT molecular complexity index is 113. The van der Waals surface area contributed by atoms with E-state index >= 15 is 0 Å². The summed E-state index contributed by atoms with van der Waals surface area (Å²) in [5.41, 5.74) is 5.44. The molecule has 52 valence electrons. The van der Waals surface area contributed by atoms with Crippen LogP contribution in [0, 0.1) is 0 Å². The van der Waals surface area contributed by atoms with E-state index in [0.717, 1.165) is 6.42 Å². The van der Waals surface area contributed by atoms with Gasteiger partial charge in [-0.05, 0) is 6.92 Å². The Morgan fingerprint density at radius 1 is 1.67 bits per heavy atom. The van der Waals surface area contributed by atoms with Crippen molar-refractivity contribution in [2.75, 3.05) is 0 Å².